The minimum absolute atomic E-state index is 0.0418. The molecule has 0 aromatic carbocycles. The highest BCUT2D eigenvalue weighted by molar-refractivity contribution is 5.90. The van der Waals surface area contributed by atoms with Crippen molar-refractivity contribution in [3.05, 3.63) is 12.2 Å². The van der Waals surface area contributed by atoms with Crippen LogP contribution in [0.2, 0.25) is 0 Å². The van der Waals surface area contributed by atoms with E-state index < -0.39 is 0 Å². The number of hydrogen-bond donors (Lipinski definition) is 0. The van der Waals surface area contributed by atoms with E-state index in [1.807, 2.05) is 0 Å². The van der Waals surface area contributed by atoms with Gasteiger partial charge in [0.2, 0.25) is 0 Å². The third-order valence-corrected chi connectivity index (χ3v) is 4.60. The van der Waals surface area contributed by atoms with E-state index in [2.05, 4.69) is 13.5 Å². The number of fused-ring (bicyclic) bond motifs is 3. The van der Waals surface area contributed by atoms with Gasteiger partial charge in [-0.3, -0.25) is 0 Å². The molecule has 106 valence electrons. The molecule has 3 saturated heterocycles. The monoisotopic (exact) mass is 266 g/mol. The zero-order chi connectivity index (χ0) is 13.5. The number of hydrogen-bond acceptors (Lipinski definition) is 4. The van der Waals surface area contributed by atoms with Gasteiger partial charge in [-0.05, 0) is 32.6 Å². The van der Waals surface area contributed by atoms with Gasteiger partial charge in [-0.1, -0.05) is 13.0 Å². The molecule has 0 aliphatic carbocycles. The van der Waals surface area contributed by atoms with E-state index in [9.17, 15) is 4.79 Å². The molecule has 4 atom stereocenters. The van der Waals surface area contributed by atoms with Gasteiger partial charge in [0.05, 0.1) is 5.60 Å². The fourth-order valence-corrected chi connectivity index (χ4v) is 3.31. The summed E-state index contributed by atoms with van der Waals surface area (Å²) < 4.78 is 17.0. The Morgan fingerprint density at radius 1 is 1.26 bits per heavy atom. The predicted molar refractivity (Wildman–Crippen MR) is 69.7 cm³/mol. The standard InChI is InChI=1S/C15H22O4/c1-10-11-6-3-4-8-17-9-5-7-15(2)13(19-15)12(11)18-14(10)16/h11-13H,1,3-9H2,2H3/t11?,12-,13?,15+/m0/s1. The van der Waals surface area contributed by atoms with E-state index in [0.29, 0.717) is 5.57 Å². The Labute approximate surface area is 114 Å². The Morgan fingerprint density at radius 3 is 2.89 bits per heavy atom. The summed E-state index contributed by atoms with van der Waals surface area (Å²) in [5, 5.41) is 0. The summed E-state index contributed by atoms with van der Waals surface area (Å²) in [7, 11) is 0. The van der Waals surface area contributed by atoms with Crippen LogP contribution in [0, 0.1) is 5.92 Å². The van der Waals surface area contributed by atoms with Gasteiger partial charge in [0.1, 0.15) is 12.2 Å². The molecule has 0 aromatic heterocycles. The Balaban J connectivity index is 1.74. The third-order valence-electron chi connectivity index (χ3n) is 4.60. The largest absolute Gasteiger partial charge is 0.455 e. The predicted octanol–water partition coefficient (Wildman–Crippen LogP) is 2.22. The van der Waals surface area contributed by atoms with Crippen molar-refractivity contribution in [1.82, 2.24) is 0 Å². The van der Waals surface area contributed by atoms with Gasteiger partial charge < -0.3 is 14.2 Å². The number of epoxide rings is 1. The molecule has 0 spiro atoms. The van der Waals surface area contributed by atoms with E-state index >= 15 is 0 Å². The maximum absolute atomic E-state index is 11.7. The molecule has 3 rings (SSSR count). The van der Waals surface area contributed by atoms with Gasteiger partial charge in [0.15, 0.2) is 0 Å². The molecule has 3 fully saturated rings. The fourth-order valence-electron chi connectivity index (χ4n) is 3.31. The lowest BCUT2D eigenvalue weighted by molar-refractivity contribution is -0.140. The second kappa shape index (κ2) is 4.91. The average Bonchev–Trinajstić information content (AvgIpc) is 2.96. The third kappa shape index (κ3) is 2.43. The van der Waals surface area contributed by atoms with Crippen LogP contribution >= 0.6 is 0 Å². The van der Waals surface area contributed by atoms with E-state index in [1.54, 1.807) is 0 Å². The van der Waals surface area contributed by atoms with Crippen molar-refractivity contribution in [3.8, 4) is 0 Å². The maximum Gasteiger partial charge on any atom is 0.334 e. The zero-order valence-corrected chi connectivity index (χ0v) is 11.5. The van der Waals surface area contributed by atoms with Crippen molar-refractivity contribution in [2.75, 3.05) is 13.2 Å². The van der Waals surface area contributed by atoms with Gasteiger partial charge in [0.25, 0.3) is 0 Å². The quantitative estimate of drug-likeness (QED) is 0.383. The van der Waals surface area contributed by atoms with Crippen LogP contribution < -0.4 is 0 Å². The van der Waals surface area contributed by atoms with Gasteiger partial charge in [0, 0.05) is 24.7 Å². The molecule has 3 aliphatic rings. The first-order valence-corrected chi connectivity index (χ1v) is 7.27. The molecule has 3 heterocycles. The maximum atomic E-state index is 11.7. The lowest BCUT2D eigenvalue weighted by atomic mass is 9.86. The molecule has 0 saturated carbocycles. The molecule has 19 heavy (non-hydrogen) atoms. The van der Waals surface area contributed by atoms with Crippen LogP contribution in [-0.4, -0.2) is 37.0 Å². The molecular formula is C15H22O4. The van der Waals surface area contributed by atoms with Gasteiger partial charge in [-0.25, -0.2) is 4.79 Å². The SMILES string of the molecule is C=C1C(=O)O[C@H]2C1CCCCOCCC[C@@]1(C)OC21. The van der Waals surface area contributed by atoms with Crippen molar-refractivity contribution in [1.29, 1.82) is 0 Å². The van der Waals surface area contributed by atoms with Crippen molar-refractivity contribution < 1.29 is 19.0 Å². The van der Waals surface area contributed by atoms with Crippen LogP contribution in [0.4, 0.5) is 0 Å². The Hall–Kier alpha value is -0.870. The summed E-state index contributed by atoms with van der Waals surface area (Å²) in [6, 6.07) is 0. The molecule has 0 bridgehead atoms. The Bertz CT molecular complexity index is 392. The van der Waals surface area contributed by atoms with Crippen LogP contribution in [0.25, 0.3) is 0 Å². The summed E-state index contributed by atoms with van der Waals surface area (Å²) in [6.07, 6.45) is 4.90. The molecule has 0 amide bonds. The molecule has 4 heteroatoms. The van der Waals surface area contributed by atoms with Crippen LogP contribution in [0.15, 0.2) is 12.2 Å². The number of carbonyl (C=O) groups is 1. The van der Waals surface area contributed by atoms with Crippen LogP contribution in [0.5, 0.6) is 0 Å². The molecule has 4 nitrogen and oxygen atoms in total. The van der Waals surface area contributed by atoms with Crippen LogP contribution in [-0.2, 0) is 19.0 Å². The smallest absolute Gasteiger partial charge is 0.334 e. The van der Waals surface area contributed by atoms with Crippen LogP contribution in [0.3, 0.4) is 0 Å². The molecule has 0 radical (unpaired) electrons. The summed E-state index contributed by atoms with van der Waals surface area (Å²) in [5.41, 5.74) is 0.483. The highest BCUT2D eigenvalue weighted by atomic mass is 16.6. The average molecular weight is 266 g/mol. The summed E-state index contributed by atoms with van der Waals surface area (Å²) in [6.45, 7) is 7.61. The highest BCUT2D eigenvalue weighted by Gasteiger charge is 2.61. The lowest BCUT2D eigenvalue weighted by Gasteiger charge is -2.18. The zero-order valence-electron chi connectivity index (χ0n) is 11.5. The second-order valence-corrected chi connectivity index (χ2v) is 6.06. The van der Waals surface area contributed by atoms with Crippen LogP contribution in [0.1, 0.15) is 39.0 Å². The number of carbonyl (C=O) groups excluding carboxylic acids is 1. The molecule has 0 N–H and O–H groups in total. The van der Waals surface area contributed by atoms with Crippen molar-refractivity contribution >= 4 is 5.97 Å². The molecular weight excluding hydrogens is 244 g/mol. The minimum atomic E-state index is -0.237. The van der Waals surface area contributed by atoms with E-state index in [4.69, 9.17) is 14.2 Å². The van der Waals surface area contributed by atoms with E-state index in [-0.39, 0.29) is 29.7 Å². The van der Waals surface area contributed by atoms with E-state index in [0.717, 1.165) is 45.3 Å². The molecule has 3 aliphatic heterocycles. The number of esters is 1. The summed E-state index contributed by atoms with van der Waals surface area (Å²) >= 11 is 0. The van der Waals surface area contributed by atoms with Crippen molar-refractivity contribution in [3.63, 3.8) is 0 Å². The topological polar surface area (TPSA) is 48.1 Å². The highest BCUT2D eigenvalue weighted by Crippen LogP contribution is 2.49. The summed E-state index contributed by atoms with van der Waals surface area (Å²) in [5.74, 6) is -0.113. The number of ether oxygens (including phenoxy) is 3. The minimum Gasteiger partial charge on any atom is -0.455 e. The number of rotatable bonds is 0. The second-order valence-electron chi connectivity index (χ2n) is 6.06. The van der Waals surface area contributed by atoms with E-state index in [1.165, 1.54) is 0 Å². The summed E-state index contributed by atoms with van der Waals surface area (Å²) in [4.78, 5) is 11.7. The molecule has 2 unspecified atom stereocenters. The van der Waals surface area contributed by atoms with Gasteiger partial charge >= 0.3 is 5.97 Å². The van der Waals surface area contributed by atoms with Crippen molar-refractivity contribution in [2.45, 2.75) is 56.8 Å². The van der Waals surface area contributed by atoms with Gasteiger partial charge in [-0.2, -0.15) is 0 Å². The van der Waals surface area contributed by atoms with Crippen molar-refractivity contribution in [2.24, 2.45) is 5.92 Å². The molecule has 0 aromatic rings. The Kier molecular flexibility index (Phi) is 3.39. The first-order chi connectivity index (χ1) is 9.12. The first-order valence-electron chi connectivity index (χ1n) is 7.27. The van der Waals surface area contributed by atoms with Gasteiger partial charge in [-0.15, -0.1) is 0 Å². The first kappa shape index (κ1) is 13.1. The lowest BCUT2D eigenvalue weighted by Crippen LogP contribution is -2.29. The fraction of sp³-hybridized carbons (Fsp3) is 0.800. The normalized spacial score (nSPS) is 43.5. The Morgan fingerprint density at radius 2 is 2.05 bits per heavy atom.